The SMILES string of the molecule is C=CC(=O)N1CC[C@H](Cn2c(=O)cc(C)c3cnc(Nc4ccc(N5CCN(C)CC5)cc4OC)nc32)C1. The number of nitrogens with one attached hydrogen (secondary N) is 1. The largest absolute Gasteiger partial charge is 0.494 e. The third-order valence-electron chi connectivity index (χ3n) is 7.57. The molecule has 4 heterocycles. The van der Waals surface area contributed by atoms with Gasteiger partial charge in [0.25, 0.3) is 5.56 Å². The number of benzene rings is 1. The van der Waals surface area contributed by atoms with Crippen molar-refractivity contribution in [1.82, 2.24) is 24.3 Å². The number of amides is 1. The summed E-state index contributed by atoms with van der Waals surface area (Å²) in [5.74, 6) is 1.17. The molecule has 5 rings (SSSR count). The van der Waals surface area contributed by atoms with E-state index in [2.05, 4.69) is 39.8 Å². The topological polar surface area (TPSA) is 95.8 Å². The minimum absolute atomic E-state index is 0.0741. The molecule has 0 saturated carbocycles. The van der Waals surface area contributed by atoms with Crippen LogP contribution in [-0.2, 0) is 11.3 Å². The minimum Gasteiger partial charge on any atom is -0.494 e. The summed E-state index contributed by atoms with van der Waals surface area (Å²) in [5, 5.41) is 4.11. The Kier molecular flexibility index (Phi) is 7.33. The lowest BCUT2D eigenvalue weighted by Gasteiger charge is -2.34. The molecule has 0 spiro atoms. The van der Waals surface area contributed by atoms with Gasteiger partial charge in [0.1, 0.15) is 11.4 Å². The van der Waals surface area contributed by atoms with Crippen molar-refractivity contribution in [2.75, 3.05) is 63.6 Å². The normalized spacial score (nSPS) is 18.1. The van der Waals surface area contributed by atoms with Crippen LogP contribution >= 0.6 is 0 Å². The van der Waals surface area contributed by atoms with Gasteiger partial charge in [0, 0.05) is 75.2 Å². The van der Waals surface area contributed by atoms with Gasteiger partial charge in [0.2, 0.25) is 11.9 Å². The fourth-order valence-corrected chi connectivity index (χ4v) is 5.27. The van der Waals surface area contributed by atoms with Crippen molar-refractivity contribution in [3.8, 4) is 5.75 Å². The zero-order valence-electron chi connectivity index (χ0n) is 22.3. The summed E-state index contributed by atoms with van der Waals surface area (Å²) in [4.78, 5) is 40.8. The van der Waals surface area contributed by atoms with Crippen molar-refractivity contribution >= 4 is 34.3 Å². The molecule has 1 amide bonds. The van der Waals surface area contributed by atoms with Crippen molar-refractivity contribution < 1.29 is 9.53 Å². The van der Waals surface area contributed by atoms with Crippen molar-refractivity contribution in [3.63, 3.8) is 0 Å². The number of hydrogen-bond acceptors (Lipinski definition) is 8. The monoisotopic (exact) mass is 517 g/mol. The highest BCUT2D eigenvalue weighted by atomic mass is 16.5. The van der Waals surface area contributed by atoms with Crippen molar-refractivity contribution in [2.24, 2.45) is 5.92 Å². The quantitative estimate of drug-likeness (QED) is 0.478. The number of fused-ring (bicyclic) bond motifs is 1. The number of aryl methyl sites for hydroxylation is 1. The van der Waals surface area contributed by atoms with Gasteiger partial charge in [-0.2, -0.15) is 4.98 Å². The van der Waals surface area contributed by atoms with E-state index in [1.165, 1.54) is 6.08 Å². The minimum atomic E-state index is -0.109. The van der Waals surface area contributed by atoms with Gasteiger partial charge in [-0.05, 0) is 50.1 Å². The average molecular weight is 518 g/mol. The second kappa shape index (κ2) is 10.8. The zero-order chi connectivity index (χ0) is 26.8. The van der Waals surface area contributed by atoms with Crippen LogP contribution in [0.1, 0.15) is 12.0 Å². The van der Waals surface area contributed by atoms with Gasteiger partial charge in [0.15, 0.2) is 0 Å². The summed E-state index contributed by atoms with van der Waals surface area (Å²) in [6.45, 7) is 11.2. The lowest BCUT2D eigenvalue weighted by Crippen LogP contribution is -2.44. The van der Waals surface area contributed by atoms with E-state index in [9.17, 15) is 9.59 Å². The summed E-state index contributed by atoms with van der Waals surface area (Å²) in [6, 6.07) is 7.71. The highest BCUT2D eigenvalue weighted by Gasteiger charge is 2.26. The molecule has 10 heteroatoms. The molecule has 38 heavy (non-hydrogen) atoms. The van der Waals surface area contributed by atoms with Crippen molar-refractivity contribution in [1.29, 1.82) is 0 Å². The van der Waals surface area contributed by atoms with E-state index in [1.54, 1.807) is 28.8 Å². The number of hydrogen-bond donors (Lipinski definition) is 1. The average Bonchev–Trinajstić information content (AvgIpc) is 3.40. The van der Waals surface area contributed by atoms with E-state index >= 15 is 0 Å². The highest BCUT2D eigenvalue weighted by molar-refractivity contribution is 5.87. The van der Waals surface area contributed by atoms with Crippen LogP contribution in [0, 0.1) is 12.8 Å². The Labute approximate surface area is 222 Å². The van der Waals surface area contributed by atoms with Crippen LogP contribution in [0.4, 0.5) is 17.3 Å². The molecule has 2 saturated heterocycles. The van der Waals surface area contributed by atoms with Gasteiger partial charge in [-0.15, -0.1) is 0 Å². The van der Waals surface area contributed by atoms with Gasteiger partial charge in [-0.3, -0.25) is 14.2 Å². The van der Waals surface area contributed by atoms with E-state index in [1.807, 2.05) is 19.1 Å². The smallest absolute Gasteiger partial charge is 0.252 e. The number of piperazine rings is 1. The number of methoxy groups -OCH3 is 1. The number of carbonyl (C=O) groups excluding carboxylic acids is 1. The molecule has 3 aromatic rings. The number of anilines is 3. The molecule has 1 atom stereocenters. The Morgan fingerprint density at radius 1 is 1.21 bits per heavy atom. The number of pyridine rings is 1. The predicted octanol–water partition coefficient (Wildman–Crippen LogP) is 2.64. The van der Waals surface area contributed by atoms with E-state index in [4.69, 9.17) is 9.72 Å². The Balaban J connectivity index is 1.41. The Morgan fingerprint density at radius 2 is 2.00 bits per heavy atom. The molecular weight excluding hydrogens is 482 g/mol. The van der Waals surface area contributed by atoms with Crippen molar-refractivity contribution in [3.05, 3.63) is 59.0 Å². The fraction of sp³-hybridized carbons (Fsp3) is 0.429. The fourth-order valence-electron chi connectivity index (χ4n) is 5.27. The van der Waals surface area contributed by atoms with Gasteiger partial charge in [-0.1, -0.05) is 6.58 Å². The molecule has 1 N–H and O–H groups in total. The standard InChI is InChI=1S/C28H35N7O3/c1-5-25(36)34-9-8-20(17-34)18-35-26(37)14-19(2)22-16-29-28(31-27(22)35)30-23-7-6-21(15-24(23)38-4)33-12-10-32(3)11-13-33/h5-7,14-16,20H,1,8-13,17-18H2,2-4H3,(H,29,30,31)/t20-/m0/s1. The van der Waals surface area contributed by atoms with Crippen LogP contribution in [0.5, 0.6) is 5.75 Å². The molecule has 10 nitrogen and oxygen atoms in total. The van der Waals surface area contributed by atoms with Crippen LogP contribution in [0.15, 0.2) is 47.9 Å². The Bertz CT molecular complexity index is 1410. The van der Waals surface area contributed by atoms with Crippen LogP contribution in [0.25, 0.3) is 11.0 Å². The third-order valence-corrected chi connectivity index (χ3v) is 7.57. The number of rotatable bonds is 7. The number of nitrogens with zero attached hydrogens (tertiary/aromatic N) is 6. The van der Waals surface area contributed by atoms with Gasteiger partial charge in [-0.25, -0.2) is 4.98 Å². The first kappa shape index (κ1) is 25.7. The lowest BCUT2D eigenvalue weighted by atomic mass is 10.1. The van der Waals surface area contributed by atoms with Crippen LogP contribution in [0.2, 0.25) is 0 Å². The van der Waals surface area contributed by atoms with E-state index in [0.717, 1.165) is 54.9 Å². The molecule has 0 bridgehead atoms. The number of carbonyl (C=O) groups is 1. The summed E-state index contributed by atoms with van der Waals surface area (Å²) in [5.41, 5.74) is 3.17. The van der Waals surface area contributed by atoms with Crippen LogP contribution < -0.4 is 20.5 Å². The van der Waals surface area contributed by atoms with Crippen LogP contribution in [0.3, 0.4) is 0 Å². The maximum atomic E-state index is 13.0. The molecule has 2 fully saturated rings. The molecule has 0 aliphatic carbocycles. The number of likely N-dealkylation sites (N-methyl/N-ethyl adjacent to an activating group) is 1. The second-order valence-corrected chi connectivity index (χ2v) is 10.2. The molecule has 2 aliphatic rings. The summed E-state index contributed by atoms with van der Waals surface area (Å²) < 4.78 is 7.40. The first-order valence-corrected chi connectivity index (χ1v) is 13.0. The number of likely N-dealkylation sites (tertiary alicyclic amines) is 1. The van der Waals surface area contributed by atoms with Gasteiger partial charge >= 0.3 is 0 Å². The summed E-state index contributed by atoms with van der Waals surface area (Å²) >= 11 is 0. The lowest BCUT2D eigenvalue weighted by molar-refractivity contribution is -0.125. The maximum Gasteiger partial charge on any atom is 0.252 e. The Morgan fingerprint density at radius 3 is 2.74 bits per heavy atom. The van der Waals surface area contributed by atoms with E-state index in [0.29, 0.717) is 37.0 Å². The summed E-state index contributed by atoms with van der Waals surface area (Å²) in [6.07, 6.45) is 3.92. The first-order chi connectivity index (χ1) is 18.4. The van der Waals surface area contributed by atoms with E-state index in [-0.39, 0.29) is 17.4 Å². The predicted molar refractivity (Wildman–Crippen MR) is 149 cm³/mol. The summed E-state index contributed by atoms with van der Waals surface area (Å²) in [7, 11) is 3.79. The Hall–Kier alpha value is -3.92. The van der Waals surface area contributed by atoms with Gasteiger partial charge in [0.05, 0.1) is 12.8 Å². The third kappa shape index (κ3) is 5.22. The zero-order valence-corrected chi connectivity index (χ0v) is 22.3. The molecule has 2 aromatic heterocycles. The molecule has 0 radical (unpaired) electrons. The van der Waals surface area contributed by atoms with Crippen LogP contribution in [-0.4, -0.2) is 83.7 Å². The molecule has 0 unspecified atom stereocenters. The number of aromatic nitrogens is 3. The first-order valence-electron chi connectivity index (χ1n) is 13.0. The highest BCUT2D eigenvalue weighted by Crippen LogP contribution is 2.32. The van der Waals surface area contributed by atoms with Gasteiger partial charge < -0.3 is 24.8 Å². The molecule has 2 aliphatic heterocycles. The van der Waals surface area contributed by atoms with Crippen molar-refractivity contribution in [2.45, 2.75) is 19.9 Å². The van der Waals surface area contributed by atoms with E-state index < -0.39 is 0 Å². The molecule has 200 valence electrons. The maximum absolute atomic E-state index is 13.0. The number of ether oxygens (including phenoxy) is 1. The second-order valence-electron chi connectivity index (χ2n) is 10.2. The molecule has 1 aromatic carbocycles. The molecular formula is C28H35N7O3.